The zero-order valence-electron chi connectivity index (χ0n) is 15.2. The molecule has 28 heavy (non-hydrogen) atoms. The third kappa shape index (κ3) is 3.54. The van der Waals surface area contributed by atoms with Gasteiger partial charge >= 0.3 is 7.12 Å². The first-order valence-corrected chi connectivity index (χ1v) is 8.98. The molecule has 1 aliphatic heterocycles. The van der Waals surface area contributed by atoms with E-state index in [0.717, 1.165) is 16.8 Å². The Morgan fingerprint density at radius 1 is 1.25 bits per heavy atom. The van der Waals surface area contributed by atoms with Crippen LogP contribution < -0.4 is 15.7 Å². The molecule has 7 nitrogen and oxygen atoms in total. The molecule has 0 bridgehead atoms. The van der Waals surface area contributed by atoms with Crippen molar-refractivity contribution in [1.29, 1.82) is 0 Å². The first-order chi connectivity index (χ1) is 13.5. The van der Waals surface area contributed by atoms with Crippen LogP contribution in [0.1, 0.15) is 18.1 Å². The van der Waals surface area contributed by atoms with Gasteiger partial charge in [0.05, 0.1) is 6.20 Å². The maximum atomic E-state index is 13.3. The van der Waals surface area contributed by atoms with Gasteiger partial charge < -0.3 is 20.3 Å². The highest BCUT2D eigenvalue weighted by Crippen LogP contribution is 2.35. The Kier molecular flexibility index (Phi) is 4.93. The van der Waals surface area contributed by atoms with Crippen molar-refractivity contribution in [3.05, 3.63) is 65.6 Å². The Morgan fingerprint density at radius 3 is 2.86 bits per heavy atom. The lowest BCUT2D eigenvalue weighted by Crippen LogP contribution is -2.32. The average Bonchev–Trinajstić information content (AvgIpc) is 3.02. The number of nitrogens with one attached hydrogen (secondary N) is 1. The first kappa shape index (κ1) is 18.3. The number of rotatable bonds is 5. The predicted octanol–water partition coefficient (Wildman–Crippen LogP) is 1.39. The fraction of sp³-hybridized carbons (Fsp3) is 0.211. The van der Waals surface area contributed by atoms with Crippen LogP contribution in [0.2, 0.25) is 0 Å². The van der Waals surface area contributed by atoms with Crippen molar-refractivity contribution in [2.45, 2.75) is 25.9 Å². The summed E-state index contributed by atoms with van der Waals surface area (Å²) in [4.78, 5) is 6.47. The minimum atomic E-state index is -1.53. The summed E-state index contributed by atoms with van der Waals surface area (Å²) in [7, 11) is -1.53. The van der Waals surface area contributed by atoms with E-state index in [-0.39, 0.29) is 11.9 Å². The Balaban J connectivity index is 1.59. The molecule has 0 saturated carbocycles. The van der Waals surface area contributed by atoms with Crippen LogP contribution in [0.3, 0.4) is 0 Å². The standard InChI is InChI=1S/C19H19BFN5O2/c1-12-8-15-16(20(27)28)6-3-7-17(15)26(12)19-24-18(11-23-25-19)22-10-13-4-2-5-14(21)9-13/h2-7,9,11-12,27-28H,8,10H2,1H3,(H,22,24,25). The molecule has 3 aromatic rings. The third-order valence-electron chi connectivity index (χ3n) is 4.79. The highest BCUT2D eigenvalue weighted by atomic mass is 19.1. The van der Waals surface area contributed by atoms with Gasteiger partial charge in [-0.25, -0.2) is 4.39 Å². The molecule has 1 unspecified atom stereocenters. The normalized spacial score (nSPS) is 15.4. The summed E-state index contributed by atoms with van der Waals surface area (Å²) >= 11 is 0. The molecule has 0 aliphatic carbocycles. The number of hydrogen-bond donors (Lipinski definition) is 3. The molecule has 3 N–H and O–H groups in total. The number of hydrogen-bond acceptors (Lipinski definition) is 7. The Morgan fingerprint density at radius 2 is 2.07 bits per heavy atom. The van der Waals surface area contributed by atoms with Crippen molar-refractivity contribution in [2.75, 3.05) is 10.2 Å². The number of aromatic nitrogens is 3. The molecule has 0 saturated heterocycles. The van der Waals surface area contributed by atoms with Crippen molar-refractivity contribution in [2.24, 2.45) is 0 Å². The highest BCUT2D eigenvalue weighted by Gasteiger charge is 2.33. The quantitative estimate of drug-likeness (QED) is 0.577. The maximum Gasteiger partial charge on any atom is 0.488 e. The van der Waals surface area contributed by atoms with Crippen LogP contribution in [0.25, 0.3) is 0 Å². The second kappa shape index (κ2) is 7.53. The van der Waals surface area contributed by atoms with Crippen molar-refractivity contribution in [3.8, 4) is 0 Å². The fourth-order valence-electron chi connectivity index (χ4n) is 3.53. The lowest BCUT2D eigenvalue weighted by molar-refractivity contribution is 0.425. The minimum Gasteiger partial charge on any atom is -0.423 e. The van der Waals surface area contributed by atoms with E-state index in [1.807, 2.05) is 24.0 Å². The van der Waals surface area contributed by atoms with E-state index in [2.05, 4.69) is 20.5 Å². The second-order valence-corrected chi connectivity index (χ2v) is 6.77. The predicted molar refractivity (Wildman–Crippen MR) is 105 cm³/mol. The van der Waals surface area contributed by atoms with Crippen LogP contribution in [-0.4, -0.2) is 38.4 Å². The SMILES string of the molecule is CC1Cc2c(B(O)O)cccc2N1c1nncc(NCc2cccc(F)c2)n1. The van der Waals surface area contributed by atoms with Crippen LogP contribution >= 0.6 is 0 Å². The Bertz CT molecular complexity index is 1000. The number of benzene rings is 2. The van der Waals surface area contributed by atoms with E-state index < -0.39 is 7.12 Å². The van der Waals surface area contributed by atoms with Crippen LogP contribution in [0, 0.1) is 5.82 Å². The van der Waals surface area contributed by atoms with E-state index in [1.165, 1.54) is 18.3 Å². The van der Waals surface area contributed by atoms with Gasteiger partial charge in [0.2, 0.25) is 0 Å². The second-order valence-electron chi connectivity index (χ2n) is 6.77. The fourth-order valence-corrected chi connectivity index (χ4v) is 3.53. The maximum absolute atomic E-state index is 13.3. The van der Waals surface area contributed by atoms with Gasteiger partial charge in [0.15, 0.2) is 5.82 Å². The van der Waals surface area contributed by atoms with Gasteiger partial charge in [-0.2, -0.15) is 10.1 Å². The molecule has 142 valence electrons. The van der Waals surface area contributed by atoms with Crippen LogP contribution in [0.4, 0.5) is 21.8 Å². The molecule has 1 aromatic heterocycles. The van der Waals surface area contributed by atoms with E-state index >= 15 is 0 Å². The van der Waals surface area contributed by atoms with E-state index in [0.29, 0.717) is 30.2 Å². The number of anilines is 3. The zero-order chi connectivity index (χ0) is 19.7. The number of fused-ring (bicyclic) bond motifs is 1. The van der Waals surface area contributed by atoms with Gasteiger partial charge in [-0.1, -0.05) is 24.3 Å². The zero-order valence-corrected chi connectivity index (χ0v) is 15.2. The monoisotopic (exact) mass is 379 g/mol. The highest BCUT2D eigenvalue weighted by molar-refractivity contribution is 6.59. The summed E-state index contributed by atoms with van der Waals surface area (Å²) in [5, 5.41) is 30.6. The lowest BCUT2D eigenvalue weighted by Gasteiger charge is -2.22. The summed E-state index contributed by atoms with van der Waals surface area (Å²) in [5.74, 6) is 0.651. The van der Waals surface area contributed by atoms with Gasteiger partial charge in [0.25, 0.3) is 5.95 Å². The topological polar surface area (TPSA) is 94.4 Å². The minimum absolute atomic E-state index is 0.0372. The molecular formula is C19H19BFN5O2. The number of halogens is 1. The molecule has 9 heteroatoms. The third-order valence-corrected chi connectivity index (χ3v) is 4.79. The van der Waals surface area contributed by atoms with Crippen molar-refractivity contribution >= 4 is 30.0 Å². The largest absolute Gasteiger partial charge is 0.488 e. The van der Waals surface area contributed by atoms with Crippen LogP contribution in [-0.2, 0) is 13.0 Å². The van der Waals surface area contributed by atoms with Crippen molar-refractivity contribution in [3.63, 3.8) is 0 Å². The van der Waals surface area contributed by atoms with Crippen molar-refractivity contribution in [1.82, 2.24) is 15.2 Å². The molecule has 0 radical (unpaired) electrons. The molecular weight excluding hydrogens is 360 g/mol. The molecule has 0 fully saturated rings. The summed E-state index contributed by atoms with van der Waals surface area (Å²) in [5.41, 5.74) is 2.98. The molecule has 4 rings (SSSR count). The van der Waals surface area contributed by atoms with E-state index in [9.17, 15) is 14.4 Å². The molecule has 1 atom stereocenters. The molecule has 2 heterocycles. The first-order valence-electron chi connectivity index (χ1n) is 8.98. The lowest BCUT2D eigenvalue weighted by atomic mass is 9.76. The summed E-state index contributed by atoms with van der Waals surface area (Å²) in [6, 6.07) is 11.8. The van der Waals surface area contributed by atoms with E-state index in [4.69, 9.17) is 0 Å². The number of nitrogens with zero attached hydrogens (tertiary/aromatic N) is 4. The molecule has 1 aliphatic rings. The van der Waals surface area contributed by atoms with Gasteiger partial charge in [-0.3, -0.25) is 0 Å². The van der Waals surface area contributed by atoms with E-state index in [1.54, 1.807) is 18.2 Å². The summed E-state index contributed by atoms with van der Waals surface area (Å²) in [6.07, 6.45) is 2.16. The smallest absolute Gasteiger partial charge is 0.423 e. The Labute approximate surface area is 162 Å². The summed E-state index contributed by atoms with van der Waals surface area (Å²) < 4.78 is 13.3. The van der Waals surface area contributed by atoms with Gasteiger partial charge in [-0.05, 0) is 48.1 Å². The Hall–Kier alpha value is -3.04. The summed E-state index contributed by atoms with van der Waals surface area (Å²) in [6.45, 7) is 2.42. The van der Waals surface area contributed by atoms with Gasteiger partial charge in [0, 0.05) is 18.3 Å². The van der Waals surface area contributed by atoms with Crippen molar-refractivity contribution < 1.29 is 14.4 Å². The van der Waals surface area contributed by atoms with Crippen LogP contribution in [0.15, 0.2) is 48.7 Å². The molecule has 0 amide bonds. The van der Waals surface area contributed by atoms with Crippen LogP contribution in [0.5, 0.6) is 0 Å². The molecule has 0 spiro atoms. The van der Waals surface area contributed by atoms with Gasteiger partial charge in [0.1, 0.15) is 5.82 Å². The molecule has 2 aromatic carbocycles. The average molecular weight is 379 g/mol. The van der Waals surface area contributed by atoms with Gasteiger partial charge in [-0.15, -0.1) is 5.10 Å².